The van der Waals surface area contributed by atoms with Crippen LogP contribution in [0.15, 0.2) is 30.3 Å². The van der Waals surface area contributed by atoms with Gasteiger partial charge < -0.3 is 15.3 Å². The second-order valence-corrected chi connectivity index (χ2v) is 8.51. The van der Waals surface area contributed by atoms with Crippen molar-refractivity contribution in [1.29, 1.82) is 0 Å². The first-order valence-corrected chi connectivity index (χ1v) is 10.2. The zero-order valence-electron chi connectivity index (χ0n) is 14.1. The molecule has 3 atom stereocenters. The van der Waals surface area contributed by atoms with Crippen molar-refractivity contribution in [3.63, 3.8) is 0 Å². The Hall–Kier alpha value is -1.89. The van der Waals surface area contributed by atoms with Crippen molar-refractivity contribution in [3.05, 3.63) is 35.9 Å². The number of fused-ring (bicyclic) bond motifs is 1. The number of benzene rings is 1. The SMILES string of the molecule is O=C(NCCS(=O)Cc1ccccc1)N1C[C@@H]2CCC[C@@]2(C(=O)O)C1. The number of nitrogens with one attached hydrogen (secondary N) is 1. The van der Waals surface area contributed by atoms with E-state index < -0.39 is 22.2 Å². The van der Waals surface area contributed by atoms with Gasteiger partial charge in [-0.15, -0.1) is 0 Å². The van der Waals surface area contributed by atoms with Crippen LogP contribution in [0.3, 0.4) is 0 Å². The van der Waals surface area contributed by atoms with Gasteiger partial charge in [0, 0.05) is 41.9 Å². The molecule has 2 fully saturated rings. The highest BCUT2D eigenvalue weighted by atomic mass is 32.2. The highest BCUT2D eigenvalue weighted by molar-refractivity contribution is 7.84. The molecule has 3 rings (SSSR count). The zero-order valence-corrected chi connectivity index (χ0v) is 15.0. The van der Waals surface area contributed by atoms with Crippen LogP contribution in [0.1, 0.15) is 24.8 Å². The van der Waals surface area contributed by atoms with Crippen molar-refractivity contribution in [1.82, 2.24) is 10.2 Å². The molecule has 0 aromatic heterocycles. The fraction of sp³-hybridized carbons (Fsp3) is 0.556. The lowest BCUT2D eigenvalue weighted by atomic mass is 9.81. The van der Waals surface area contributed by atoms with Crippen LogP contribution in [0.2, 0.25) is 0 Å². The van der Waals surface area contributed by atoms with E-state index in [2.05, 4.69) is 5.32 Å². The van der Waals surface area contributed by atoms with Crippen molar-refractivity contribution in [2.45, 2.75) is 25.0 Å². The molecule has 1 aliphatic heterocycles. The summed E-state index contributed by atoms with van der Waals surface area (Å²) >= 11 is 0. The molecule has 1 unspecified atom stereocenters. The molecule has 2 amide bonds. The van der Waals surface area contributed by atoms with Crippen LogP contribution < -0.4 is 5.32 Å². The fourth-order valence-corrected chi connectivity index (χ4v) is 5.05. The molecule has 2 N–H and O–H groups in total. The maximum Gasteiger partial charge on any atom is 0.317 e. The molecular formula is C18H24N2O4S. The molecule has 1 saturated heterocycles. The van der Waals surface area contributed by atoms with Gasteiger partial charge in [-0.05, 0) is 24.3 Å². The molecule has 136 valence electrons. The van der Waals surface area contributed by atoms with Gasteiger partial charge in [0.2, 0.25) is 0 Å². The average molecular weight is 364 g/mol. The molecule has 1 aromatic carbocycles. The number of likely N-dealkylation sites (tertiary alicyclic amines) is 1. The van der Waals surface area contributed by atoms with Crippen LogP contribution in [0.25, 0.3) is 0 Å². The summed E-state index contributed by atoms with van der Waals surface area (Å²) in [5, 5.41) is 12.4. The van der Waals surface area contributed by atoms with E-state index in [4.69, 9.17) is 0 Å². The maximum absolute atomic E-state index is 12.3. The minimum absolute atomic E-state index is 0.0583. The van der Waals surface area contributed by atoms with Gasteiger partial charge >= 0.3 is 12.0 Å². The number of hydrogen-bond donors (Lipinski definition) is 2. The molecule has 7 heteroatoms. The number of urea groups is 1. The highest BCUT2D eigenvalue weighted by Crippen LogP contribution is 2.48. The first-order valence-electron chi connectivity index (χ1n) is 8.66. The lowest BCUT2D eigenvalue weighted by Crippen LogP contribution is -2.42. The number of rotatable bonds is 6. The van der Waals surface area contributed by atoms with Crippen LogP contribution in [0.5, 0.6) is 0 Å². The molecule has 0 radical (unpaired) electrons. The summed E-state index contributed by atoms with van der Waals surface area (Å²) in [5.74, 6) is 0.143. The van der Waals surface area contributed by atoms with E-state index in [0.717, 1.165) is 18.4 Å². The number of aliphatic carboxylic acids is 1. The standard InChI is InChI=1S/C18H24N2O4S/c21-16(22)18-8-4-7-15(18)11-20(13-18)17(23)19-9-10-25(24)12-14-5-2-1-3-6-14/h1-3,5-6,15H,4,7-13H2,(H,19,23)(H,21,22)/t15-,18+,25?/m0/s1. The number of hydrogen-bond acceptors (Lipinski definition) is 3. The van der Waals surface area contributed by atoms with E-state index in [-0.39, 0.29) is 18.5 Å². The molecule has 2 aliphatic rings. The predicted molar refractivity (Wildman–Crippen MR) is 95.5 cm³/mol. The van der Waals surface area contributed by atoms with Crippen molar-refractivity contribution >= 4 is 22.8 Å². The third-order valence-corrected chi connectivity index (χ3v) is 6.68. The van der Waals surface area contributed by atoms with Gasteiger partial charge in [-0.3, -0.25) is 9.00 Å². The van der Waals surface area contributed by atoms with Gasteiger partial charge in [0.25, 0.3) is 0 Å². The maximum atomic E-state index is 12.3. The summed E-state index contributed by atoms with van der Waals surface area (Å²) in [6, 6.07) is 9.37. The van der Waals surface area contributed by atoms with Crippen LogP contribution in [-0.2, 0) is 21.3 Å². The smallest absolute Gasteiger partial charge is 0.317 e. The summed E-state index contributed by atoms with van der Waals surface area (Å²) in [6.45, 7) is 1.12. The van der Waals surface area contributed by atoms with E-state index in [1.54, 1.807) is 4.90 Å². The van der Waals surface area contributed by atoms with E-state index in [0.29, 0.717) is 31.0 Å². The fourth-order valence-electron chi connectivity index (χ4n) is 4.01. The van der Waals surface area contributed by atoms with Gasteiger partial charge in [0.05, 0.1) is 5.41 Å². The van der Waals surface area contributed by atoms with E-state index in [9.17, 15) is 18.9 Å². The summed E-state index contributed by atoms with van der Waals surface area (Å²) in [5.41, 5.74) is 0.260. The Morgan fingerprint density at radius 2 is 2.08 bits per heavy atom. The van der Waals surface area contributed by atoms with Gasteiger partial charge in [-0.2, -0.15) is 0 Å². The van der Waals surface area contributed by atoms with Crippen molar-refractivity contribution in [3.8, 4) is 0 Å². The Balaban J connectivity index is 1.44. The highest BCUT2D eigenvalue weighted by Gasteiger charge is 2.55. The number of amides is 2. The first kappa shape index (κ1) is 17.9. The Kier molecular flexibility index (Phi) is 5.42. The van der Waals surface area contributed by atoms with Crippen molar-refractivity contribution < 1.29 is 18.9 Å². The summed E-state index contributed by atoms with van der Waals surface area (Å²) in [4.78, 5) is 25.6. The van der Waals surface area contributed by atoms with E-state index in [1.807, 2.05) is 30.3 Å². The Labute approximate surface area is 150 Å². The number of carbonyl (C=O) groups is 2. The Bertz CT molecular complexity index is 666. The predicted octanol–water partition coefficient (Wildman–Crippen LogP) is 1.83. The number of carboxylic acid groups (broad SMARTS) is 1. The third-order valence-electron chi connectivity index (χ3n) is 5.36. The summed E-state index contributed by atoms with van der Waals surface area (Å²) in [7, 11) is -1.04. The minimum atomic E-state index is -1.04. The van der Waals surface area contributed by atoms with E-state index in [1.165, 1.54) is 0 Å². The Morgan fingerprint density at radius 1 is 1.32 bits per heavy atom. The number of nitrogens with zero attached hydrogens (tertiary/aromatic N) is 1. The lowest BCUT2D eigenvalue weighted by molar-refractivity contribution is -0.149. The first-order chi connectivity index (χ1) is 12.0. The van der Waals surface area contributed by atoms with Gasteiger partial charge in [0.1, 0.15) is 0 Å². The molecule has 1 aliphatic carbocycles. The number of carboxylic acids is 1. The zero-order chi connectivity index (χ0) is 17.9. The second kappa shape index (κ2) is 7.56. The van der Waals surface area contributed by atoms with Gasteiger partial charge in [0.15, 0.2) is 0 Å². The topological polar surface area (TPSA) is 86.7 Å². The van der Waals surface area contributed by atoms with E-state index >= 15 is 0 Å². The molecule has 1 saturated carbocycles. The normalized spacial score (nSPS) is 26.2. The minimum Gasteiger partial charge on any atom is -0.481 e. The Morgan fingerprint density at radius 3 is 2.76 bits per heavy atom. The summed E-state index contributed by atoms with van der Waals surface area (Å²) < 4.78 is 12.1. The van der Waals surface area contributed by atoms with Crippen LogP contribution in [0.4, 0.5) is 4.79 Å². The van der Waals surface area contributed by atoms with Gasteiger partial charge in [-0.25, -0.2) is 4.79 Å². The quantitative estimate of drug-likeness (QED) is 0.806. The monoisotopic (exact) mass is 364 g/mol. The molecule has 1 heterocycles. The second-order valence-electron chi connectivity index (χ2n) is 6.94. The molecule has 0 bridgehead atoms. The van der Waals surface area contributed by atoms with Crippen LogP contribution in [0, 0.1) is 11.3 Å². The third kappa shape index (κ3) is 3.86. The largest absolute Gasteiger partial charge is 0.481 e. The summed E-state index contributed by atoms with van der Waals surface area (Å²) in [6.07, 6.45) is 2.44. The lowest BCUT2D eigenvalue weighted by Gasteiger charge is -2.23. The van der Waals surface area contributed by atoms with Gasteiger partial charge in [-0.1, -0.05) is 36.8 Å². The molecule has 25 heavy (non-hydrogen) atoms. The average Bonchev–Trinajstić information content (AvgIpc) is 3.14. The molecule has 0 spiro atoms. The molecular weight excluding hydrogens is 340 g/mol. The molecule has 1 aromatic rings. The van der Waals surface area contributed by atoms with Crippen molar-refractivity contribution in [2.24, 2.45) is 11.3 Å². The number of carbonyl (C=O) groups excluding carboxylic acids is 1. The van der Waals surface area contributed by atoms with Crippen molar-refractivity contribution in [2.75, 3.05) is 25.4 Å². The molecule has 6 nitrogen and oxygen atoms in total. The van der Waals surface area contributed by atoms with Crippen LogP contribution >= 0.6 is 0 Å². The van der Waals surface area contributed by atoms with Crippen LogP contribution in [-0.4, -0.2) is 51.6 Å².